The summed E-state index contributed by atoms with van der Waals surface area (Å²) in [6.07, 6.45) is 2.84. The Bertz CT molecular complexity index is 1340. The van der Waals surface area contributed by atoms with Gasteiger partial charge in [0.25, 0.3) is 0 Å². The van der Waals surface area contributed by atoms with Crippen molar-refractivity contribution in [2.24, 2.45) is 4.99 Å². The molecule has 0 radical (unpaired) electrons. The first-order valence-electron chi connectivity index (χ1n) is 12.8. The summed E-state index contributed by atoms with van der Waals surface area (Å²) in [5.74, 6) is 0.799. The Hall–Kier alpha value is -2.50. The number of aromatic nitrogens is 1. The predicted octanol–water partition coefficient (Wildman–Crippen LogP) is 3.96. The lowest BCUT2D eigenvalue weighted by Gasteiger charge is -2.26. The highest BCUT2D eigenvalue weighted by molar-refractivity contribution is 7.89. The van der Waals surface area contributed by atoms with Crippen LogP contribution in [0.25, 0.3) is 11.3 Å². The molecule has 198 valence electrons. The first kappa shape index (κ1) is 26.1. The topological polar surface area (TPSA) is 76.4 Å². The van der Waals surface area contributed by atoms with Gasteiger partial charge in [0.2, 0.25) is 10.0 Å². The molecular formula is C27H34N4O4S2. The normalized spacial score (nSPS) is 17.9. The third-order valence-electron chi connectivity index (χ3n) is 6.91. The molecule has 0 atom stereocenters. The molecular weight excluding hydrogens is 508 g/mol. The van der Waals surface area contributed by atoms with E-state index in [2.05, 4.69) is 14.8 Å². The Morgan fingerprint density at radius 2 is 1.65 bits per heavy atom. The van der Waals surface area contributed by atoms with Crippen LogP contribution in [-0.4, -0.2) is 75.2 Å². The van der Waals surface area contributed by atoms with Gasteiger partial charge >= 0.3 is 0 Å². The van der Waals surface area contributed by atoms with Gasteiger partial charge in [-0.25, -0.2) is 13.4 Å². The number of sulfonamides is 1. The third kappa shape index (κ3) is 6.15. The van der Waals surface area contributed by atoms with E-state index in [1.807, 2.05) is 36.4 Å². The molecule has 2 aromatic carbocycles. The quantitative estimate of drug-likeness (QED) is 0.409. The van der Waals surface area contributed by atoms with Crippen molar-refractivity contribution in [3.8, 4) is 17.0 Å². The van der Waals surface area contributed by atoms with Gasteiger partial charge in [0.1, 0.15) is 5.75 Å². The Kier molecular flexibility index (Phi) is 8.41. The van der Waals surface area contributed by atoms with Crippen LogP contribution in [0.3, 0.4) is 0 Å². The second kappa shape index (κ2) is 11.9. The molecule has 10 heteroatoms. The molecule has 2 fully saturated rings. The van der Waals surface area contributed by atoms with Gasteiger partial charge in [-0.05, 0) is 61.2 Å². The minimum absolute atomic E-state index is 0.357. The molecule has 1 aromatic heterocycles. The summed E-state index contributed by atoms with van der Waals surface area (Å²) < 4.78 is 40.6. The molecule has 0 saturated carbocycles. The molecule has 0 N–H and O–H groups in total. The van der Waals surface area contributed by atoms with Crippen molar-refractivity contribution < 1.29 is 17.9 Å². The Morgan fingerprint density at radius 1 is 0.946 bits per heavy atom. The maximum Gasteiger partial charge on any atom is 0.243 e. The number of benzene rings is 2. The van der Waals surface area contributed by atoms with E-state index >= 15 is 0 Å². The maximum atomic E-state index is 13.0. The van der Waals surface area contributed by atoms with Crippen molar-refractivity contribution in [3.63, 3.8) is 0 Å². The second-order valence-electron chi connectivity index (χ2n) is 9.31. The lowest BCUT2D eigenvalue weighted by atomic mass is 10.2. The average molecular weight is 543 g/mol. The van der Waals surface area contributed by atoms with Gasteiger partial charge in [0.05, 0.1) is 36.6 Å². The fourth-order valence-corrected chi connectivity index (χ4v) is 7.26. The zero-order valence-electron chi connectivity index (χ0n) is 21.2. The minimum atomic E-state index is -3.43. The molecule has 0 aliphatic carbocycles. The van der Waals surface area contributed by atoms with Crippen molar-refractivity contribution >= 4 is 27.0 Å². The first-order chi connectivity index (χ1) is 18.0. The standard InChI is InChI=1S/C27H34N4O4S2/c1-34-24-9-7-23(8-10-24)28-27-31(16-4-13-29-17-19-35-20-18-29)26(21-36-27)22-5-11-25(12-6-22)37(32,33)30-14-2-3-15-30/h5-12,21H,2-4,13-20H2,1H3. The summed E-state index contributed by atoms with van der Waals surface area (Å²) in [4.78, 5) is 8.64. The van der Waals surface area contributed by atoms with Crippen LogP contribution in [0, 0.1) is 0 Å². The molecule has 5 rings (SSSR count). The van der Waals surface area contributed by atoms with Crippen LogP contribution in [0.4, 0.5) is 5.69 Å². The molecule has 2 aliphatic heterocycles. The average Bonchev–Trinajstić information content (AvgIpc) is 3.61. The largest absolute Gasteiger partial charge is 0.497 e. The van der Waals surface area contributed by atoms with Gasteiger partial charge in [-0.1, -0.05) is 12.1 Å². The van der Waals surface area contributed by atoms with Crippen LogP contribution in [0.1, 0.15) is 19.3 Å². The van der Waals surface area contributed by atoms with Crippen molar-refractivity contribution in [1.82, 2.24) is 13.8 Å². The second-order valence-corrected chi connectivity index (χ2v) is 12.1. The highest BCUT2D eigenvalue weighted by atomic mass is 32.2. The van der Waals surface area contributed by atoms with E-state index < -0.39 is 10.0 Å². The summed E-state index contributed by atoms with van der Waals surface area (Å²) in [5.41, 5.74) is 2.90. The van der Waals surface area contributed by atoms with Crippen molar-refractivity contribution in [2.45, 2.75) is 30.7 Å². The lowest BCUT2D eigenvalue weighted by Crippen LogP contribution is -2.37. The highest BCUT2D eigenvalue weighted by Crippen LogP contribution is 2.26. The van der Waals surface area contributed by atoms with Crippen LogP contribution in [-0.2, 0) is 21.3 Å². The van der Waals surface area contributed by atoms with Crippen LogP contribution in [0.15, 0.2) is 63.8 Å². The van der Waals surface area contributed by atoms with Crippen LogP contribution < -0.4 is 9.54 Å². The number of hydrogen-bond donors (Lipinski definition) is 0. The predicted molar refractivity (Wildman–Crippen MR) is 146 cm³/mol. The van der Waals surface area contributed by atoms with Crippen molar-refractivity contribution in [2.75, 3.05) is 53.0 Å². The Morgan fingerprint density at radius 3 is 2.32 bits per heavy atom. The number of nitrogens with zero attached hydrogens (tertiary/aromatic N) is 4. The lowest BCUT2D eigenvalue weighted by molar-refractivity contribution is 0.0369. The molecule has 37 heavy (non-hydrogen) atoms. The molecule has 0 unspecified atom stereocenters. The summed E-state index contributed by atoms with van der Waals surface area (Å²) in [7, 11) is -1.78. The summed E-state index contributed by atoms with van der Waals surface area (Å²) in [6.45, 7) is 6.55. The van der Waals surface area contributed by atoms with E-state index in [0.717, 1.165) is 86.2 Å². The van der Waals surface area contributed by atoms with E-state index in [1.165, 1.54) is 0 Å². The number of methoxy groups -OCH3 is 1. The summed E-state index contributed by atoms with van der Waals surface area (Å²) in [5, 5.41) is 2.11. The summed E-state index contributed by atoms with van der Waals surface area (Å²) >= 11 is 1.60. The fourth-order valence-electron chi connectivity index (χ4n) is 4.79. The number of rotatable bonds is 9. The number of thiazole rings is 1. The minimum Gasteiger partial charge on any atom is -0.497 e. The van der Waals surface area contributed by atoms with E-state index in [-0.39, 0.29) is 0 Å². The van der Waals surface area contributed by atoms with Crippen LogP contribution in [0.5, 0.6) is 5.75 Å². The van der Waals surface area contributed by atoms with E-state index in [9.17, 15) is 8.42 Å². The Labute approximate surface area is 222 Å². The van der Waals surface area contributed by atoms with Gasteiger partial charge < -0.3 is 14.0 Å². The van der Waals surface area contributed by atoms with Crippen LogP contribution >= 0.6 is 11.3 Å². The van der Waals surface area contributed by atoms with Crippen LogP contribution in [0.2, 0.25) is 0 Å². The fraction of sp³-hybridized carbons (Fsp3) is 0.444. The van der Waals surface area contributed by atoms with Gasteiger partial charge in [-0.2, -0.15) is 4.31 Å². The molecule has 0 spiro atoms. The van der Waals surface area contributed by atoms with E-state index in [0.29, 0.717) is 18.0 Å². The van der Waals surface area contributed by atoms with E-state index in [4.69, 9.17) is 14.5 Å². The molecule has 2 aliphatic rings. The molecule has 0 amide bonds. The van der Waals surface area contributed by atoms with Gasteiger partial charge in [0, 0.05) is 44.6 Å². The number of ether oxygens (including phenoxy) is 2. The summed E-state index contributed by atoms with van der Waals surface area (Å²) in [6, 6.07) is 15.0. The monoisotopic (exact) mass is 542 g/mol. The first-order valence-corrected chi connectivity index (χ1v) is 15.1. The highest BCUT2D eigenvalue weighted by Gasteiger charge is 2.27. The van der Waals surface area contributed by atoms with Gasteiger partial charge in [-0.3, -0.25) is 4.90 Å². The Balaban J connectivity index is 1.42. The zero-order chi connectivity index (χ0) is 25.7. The number of morpholine rings is 1. The molecule has 3 heterocycles. The molecule has 3 aromatic rings. The molecule has 2 saturated heterocycles. The number of hydrogen-bond acceptors (Lipinski definition) is 7. The van der Waals surface area contributed by atoms with Crippen molar-refractivity contribution in [1.29, 1.82) is 0 Å². The van der Waals surface area contributed by atoms with E-state index in [1.54, 1.807) is 34.9 Å². The molecule has 0 bridgehead atoms. The molecule has 8 nitrogen and oxygen atoms in total. The van der Waals surface area contributed by atoms with Gasteiger partial charge in [0.15, 0.2) is 4.80 Å². The SMILES string of the molecule is COc1ccc(N=c2scc(-c3ccc(S(=O)(=O)N4CCCC4)cc3)n2CCCN2CCOCC2)cc1. The third-order valence-corrected chi connectivity index (χ3v) is 9.68. The van der Waals surface area contributed by atoms with Gasteiger partial charge in [-0.15, -0.1) is 11.3 Å². The maximum absolute atomic E-state index is 13.0. The smallest absolute Gasteiger partial charge is 0.243 e. The zero-order valence-corrected chi connectivity index (χ0v) is 22.8. The van der Waals surface area contributed by atoms with Crippen molar-refractivity contribution in [3.05, 3.63) is 58.7 Å².